The third kappa shape index (κ3) is 3.80. The molecular weight excluding hydrogens is 254 g/mol. The Morgan fingerprint density at radius 3 is 2.68 bits per heavy atom. The fourth-order valence-corrected chi connectivity index (χ4v) is 1.53. The zero-order valence-electron chi connectivity index (χ0n) is 10.8. The van der Waals surface area contributed by atoms with Gasteiger partial charge in [-0.1, -0.05) is 0 Å². The van der Waals surface area contributed by atoms with Crippen molar-refractivity contribution < 1.29 is 19.4 Å². The number of rotatable bonds is 5. The zero-order chi connectivity index (χ0) is 14.6. The van der Waals surface area contributed by atoms with Gasteiger partial charge in [0, 0.05) is 18.7 Å². The van der Waals surface area contributed by atoms with Crippen LogP contribution in [-0.4, -0.2) is 39.7 Å². The van der Waals surface area contributed by atoms with Gasteiger partial charge in [0.25, 0.3) is 11.6 Å². The molecule has 19 heavy (non-hydrogen) atoms. The number of aryl methyl sites for hydroxylation is 1. The molecule has 0 radical (unpaired) electrons. The SMILES string of the molecule is COc1nc(C)cc(=O)n1CC(NC(C)=O)C(=O)O. The molecular formula is C11H15N3O5. The van der Waals surface area contributed by atoms with Gasteiger partial charge < -0.3 is 15.2 Å². The average Bonchev–Trinajstić information content (AvgIpc) is 2.29. The van der Waals surface area contributed by atoms with Gasteiger partial charge in [-0.15, -0.1) is 0 Å². The first-order valence-corrected chi connectivity index (χ1v) is 5.47. The molecule has 1 rings (SSSR count). The molecule has 1 heterocycles. The van der Waals surface area contributed by atoms with E-state index >= 15 is 0 Å². The highest BCUT2D eigenvalue weighted by molar-refractivity contribution is 5.81. The predicted molar refractivity (Wildman–Crippen MR) is 65.0 cm³/mol. The van der Waals surface area contributed by atoms with E-state index in [4.69, 9.17) is 9.84 Å². The second-order valence-corrected chi connectivity index (χ2v) is 3.92. The number of nitrogens with zero attached hydrogens (tertiary/aromatic N) is 2. The van der Waals surface area contributed by atoms with E-state index < -0.39 is 23.5 Å². The highest BCUT2D eigenvalue weighted by Gasteiger charge is 2.21. The number of nitrogens with one attached hydrogen (secondary N) is 1. The maximum atomic E-state index is 11.8. The van der Waals surface area contributed by atoms with E-state index in [1.807, 2.05) is 0 Å². The molecule has 1 unspecified atom stereocenters. The minimum absolute atomic E-state index is 0.00148. The molecule has 0 spiro atoms. The molecule has 0 fully saturated rings. The maximum Gasteiger partial charge on any atom is 0.328 e. The molecule has 0 saturated heterocycles. The Labute approximate surface area is 109 Å². The fraction of sp³-hybridized carbons (Fsp3) is 0.455. The van der Waals surface area contributed by atoms with E-state index in [2.05, 4.69) is 10.3 Å². The summed E-state index contributed by atoms with van der Waals surface area (Å²) in [6.45, 7) is 2.56. The van der Waals surface area contributed by atoms with Crippen molar-refractivity contribution in [1.82, 2.24) is 14.9 Å². The molecule has 0 saturated carbocycles. The highest BCUT2D eigenvalue weighted by Crippen LogP contribution is 2.05. The Hall–Kier alpha value is -2.38. The quantitative estimate of drug-likeness (QED) is 0.720. The number of carboxylic acids is 1. The Morgan fingerprint density at radius 2 is 2.21 bits per heavy atom. The molecule has 1 amide bonds. The van der Waals surface area contributed by atoms with Crippen molar-refractivity contribution in [2.24, 2.45) is 0 Å². The van der Waals surface area contributed by atoms with Crippen molar-refractivity contribution in [2.45, 2.75) is 26.4 Å². The summed E-state index contributed by atoms with van der Waals surface area (Å²) >= 11 is 0. The lowest BCUT2D eigenvalue weighted by molar-refractivity contribution is -0.142. The average molecular weight is 269 g/mol. The van der Waals surface area contributed by atoms with Crippen LogP contribution in [0, 0.1) is 6.92 Å². The number of ether oxygens (including phenoxy) is 1. The van der Waals surface area contributed by atoms with Gasteiger partial charge >= 0.3 is 5.97 Å². The van der Waals surface area contributed by atoms with E-state index in [0.29, 0.717) is 5.69 Å². The highest BCUT2D eigenvalue weighted by atomic mass is 16.5. The van der Waals surface area contributed by atoms with Gasteiger partial charge in [-0.25, -0.2) is 9.78 Å². The van der Waals surface area contributed by atoms with Gasteiger partial charge in [0.1, 0.15) is 6.04 Å². The lowest BCUT2D eigenvalue weighted by Gasteiger charge is -2.16. The van der Waals surface area contributed by atoms with Crippen molar-refractivity contribution in [1.29, 1.82) is 0 Å². The van der Waals surface area contributed by atoms with Crippen LogP contribution in [0.5, 0.6) is 6.01 Å². The smallest absolute Gasteiger partial charge is 0.328 e. The summed E-state index contributed by atoms with van der Waals surface area (Å²) in [6.07, 6.45) is 0. The van der Waals surface area contributed by atoms with Crippen molar-refractivity contribution >= 4 is 11.9 Å². The standard InChI is InChI=1S/C11H15N3O5/c1-6-4-9(16)14(11(12-6)19-3)5-8(10(17)18)13-7(2)15/h4,8H,5H2,1-3H3,(H,13,15)(H,17,18). The molecule has 1 aromatic heterocycles. The summed E-state index contributed by atoms with van der Waals surface area (Å²) in [4.78, 5) is 37.7. The number of aliphatic carboxylic acids is 1. The largest absolute Gasteiger partial charge is 0.480 e. The van der Waals surface area contributed by atoms with Gasteiger partial charge in [0.05, 0.1) is 13.7 Å². The molecule has 1 aromatic rings. The summed E-state index contributed by atoms with van der Waals surface area (Å²) in [5, 5.41) is 11.2. The van der Waals surface area contributed by atoms with Crippen LogP contribution in [0.4, 0.5) is 0 Å². The van der Waals surface area contributed by atoms with Crippen LogP contribution in [0.15, 0.2) is 10.9 Å². The predicted octanol–water partition coefficient (Wildman–Crippen LogP) is -0.850. The summed E-state index contributed by atoms with van der Waals surface area (Å²) in [6, 6.07) is 0.0325. The van der Waals surface area contributed by atoms with Crippen LogP contribution >= 0.6 is 0 Å². The first-order chi connectivity index (χ1) is 8.85. The van der Waals surface area contributed by atoms with Gasteiger partial charge in [-0.3, -0.25) is 14.2 Å². The Bertz CT molecular complexity index is 552. The Morgan fingerprint density at radius 1 is 1.58 bits per heavy atom. The molecule has 0 aliphatic rings. The second-order valence-electron chi connectivity index (χ2n) is 3.92. The lowest BCUT2D eigenvalue weighted by Crippen LogP contribution is -2.44. The molecule has 8 heteroatoms. The van der Waals surface area contributed by atoms with Gasteiger partial charge in [0.15, 0.2) is 0 Å². The number of carbonyl (C=O) groups is 2. The number of carbonyl (C=O) groups excluding carboxylic acids is 1. The summed E-state index contributed by atoms with van der Waals surface area (Å²) < 4.78 is 6.00. The van der Waals surface area contributed by atoms with Crippen LogP contribution in [0.2, 0.25) is 0 Å². The van der Waals surface area contributed by atoms with Crippen molar-refractivity contribution in [3.8, 4) is 6.01 Å². The molecule has 8 nitrogen and oxygen atoms in total. The minimum atomic E-state index is -1.25. The zero-order valence-corrected chi connectivity index (χ0v) is 10.8. The molecule has 2 N–H and O–H groups in total. The Balaban J connectivity index is 3.12. The number of hydrogen-bond acceptors (Lipinski definition) is 5. The number of methoxy groups -OCH3 is 1. The fourth-order valence-electron chi connectivity index (χ4n) is 1.53. The molecule has 0 bridgehead atoms. The Kier molecular flexibility index (Phi) is 4.62. The molecule has 1 atom stereocenters. The minimum Gasteiger partial charge on any atom is -0.480 e. The van der Waals surface area contributed by atoms with Crippen LogP contribution in [-0.2, 0) is 16.1 Å². The molecule has 0 aromatic carbocycles. The van der Waals surface area contributed by atoms with E-state index in [0.717, 1.165) is 4.57 Å². The third-order valence-corrected chi connectivity index (χ3v) is 2.32. The number of hydrogen-bond donors (Lipinski definition) is 2. The monoisotopic (exact) mass is 269 g/mol. The summed E-state index contributed by atoms with van der Waals surface area (Å²) in [7, 11) is 1.33. The van der Waals surface area contributed by atoms with E-state index in [9.17, 15) is 14.4 Å². The molecule has 104 valence electrons. The van der Waals surface area contributed by atoms with Gasteiger partial charge in [-0.05, 0) is 6.92 Å². The van der Waals surface area contributed by atoms with Crippen molar-refractivity contribution in [2.75, 3.05) is 7.11 Å². The second kappa shape index (κ2) is 5.98. The van der Waals surface area contributed by atoms with Crippen LogP contribution in [0.25, 0.3) is 0 Å². The van der Waals surface area contributed by atoms with E-state index in [-0.39, 0.29) is 12.6 Å². The van der Waals surface area contributed by atoms with Crippen LogP contribution in [0.3, 0.4) is 0 Å². The summed E-state index contributed by atoms with van der Waals surface area (Å²) in [5.74, 6) is -1.75. The normalized spacial score (nSPS) is 11.7. The summed E-state index contributed by atoms with van der Waals surface area (Å²) in [5.41, 5.74) is 0.0189. The topological polar surface area (TPSA) is 111 Å². The van der Waals surface area contributed by atoms with E-state index in [1.165, 1.54) is 20.1 Å². The molecule has 0 aliphatic carbocycles. The number of aromatic nitrogens is 2. The molecule has 0 aliphatic heterocycles. The van der Waals surface area contributed by atoms with Crippen molar-refractivity contribution in [3.63, 3.8) is 0 Å². The van der Waals surface area contributed by atoms with Gasteiger partial charge in [-0.2, -0.15) is 0 Å². The van der Waals surface area contributed by atoms with Crippen LogP contribution < -0.4 is 15.6 Å². The first kappa shape index (κ1) is 14.7. The van der Waals surface area contributed by atoms with Crippen molar-refractivity contribution in [3.05, 3.63) is 22.1 Å². The number of carboxylic acid groups (broad SMARTS) is 1. The lowest BCUT2D eigenvalue weighted by atomic mass is 10.3. The number of amides is 1. The first-order valence-electron chi connectivity index (χ1n) is 5.47. The maximum absolute atomic E-state index is 11.8. The van der Waals surface area contributed by atoms with E-state index in [1.54, 1.807) is 6.92 Å². The van der Waals surface area contributed by atoms with Crippen LogP contribution in [0.1, 0.15) is 12.6 Å². The van der Waals surface area contributed by atoms with Gasteiger partial charge in [0.2, 0.25) is 5.91 Å². The third-order valence-electron chi connectivity index (χ3n) is 2.32.